The van der Waals surface area contributed by atoms with Crippen LogP contribution in [0.5, 0.6) is 11.5 Å². The first-order chi connectivity index (χ1) is 18.4. The number of nitrogens with one attached hydrogen (secondary N) is 1. The highest BCUT2D eigenvalue weighted by atomic mass is 19.3. The monoisotopic (exact) mass is 537 g/mol. The van der Waals surface area contributed by atoms with Crippen molar-refractivity contribution >= 4 is 22.8 Å². The number of alkyl halides is 2. The molecule has 9 nitrogen and oxygen atoms in total. The van der Waals surface area contributed by atoms with Crippen LogP contribution in [0.4, 0.5) is 19.4 Å². The molecule has 0 spiro atoms. The summed E-state index contributed by atoms with van der Waals surface area (Å²) in [4.78, 5) is 26.6. The molecule has 1 atom stereocenters. The predicted octanol–water partition coefficient (Wildman–Crippen LogP) is 5.58. The van der Waals surface area contributed by atoms with Gasteiger partial charge in [-0.2, -0.15) is 5.10 Å². The fourth-order valence-electron chi connectivity index (χ4n) is 4.79. The van der Waals surface area contributed by atoms with Crippen LogP contribution in [0.25, 0.3) is 22.0 Å². The van der Waals surface area contributed by atoms with Crippen LogP contribution in [0, 0.1) is 0 Å². The van der Waals surface area contributed by atoms with Crippen LogP contribution < -0.4 is 16.0 Å². The average molecular weight is 538 g/mol. The van der Waals surface area contributed by atoms with E-state index in [2.05, 4.69) is 10.2 Å². The number of hydrogen-bond donors (Lipinski definition) is 2. The number of nitrogens with zero attached hydrogens (tertiary/aromatic N) is 3. The van der Waals surface area contributed by atoms with E-state index in [9.17, 15) is 18.4 Å². The third kappa shape index (κ3) is 5.57. The largest absolute Gasteiger partial charge is 0.457 e. The summed E-state index contributed by atoms with van der Waals surface area (Å²) in [6.45, 7) is 4.16. The predicted molar refractivity (Wildman–Crippen MR) is 143 cm³/mol. The van der Waals surface area contributed by atoms with Crippen LogP contribution in [0.1, 0.15) is 33.2 Å². The number of halogens is 2. The van der Waals surface area contributed by atoms with Crippen LogP contribution in [-0.2, 0) is 4.74 Å². The van der Waals surface area contributed by atoms with Crippen LogP contribution in [0.3, 0.4) is 0 Å². The number of nitrogens with two attached hydrogens (primary N) is 1. The van der Waals surface area contributed by atoms with Gasteiger partial charge in [-0.3, -0.25) is 4.79 Å². The summed E-state index contributed by atoms with van der Waals surface area (Å²) in [5, 5.41) is 6.59. The molecular formula is C28H29F2N5O4. The molecule has 3 N–H and O–H groups in total. The molecule has 0 radical (unpaired) electrons. The minimum atomic E-state index is -3.20. The van der Waals surface area contributed by atoms with Gasteiger partial charge in [-0.25, -0.2) is 18.7 Å². The molecule has 1 fully saturated rings. The number of aromatic nitrogens is 3. The quantitative estimate of drug-likeness (QED) is 0.351. The molecule has 1 saturated heterocycles. The molecule has 4 aromatic rings. The van der Waals surface area contributed by atoms with Gasteiger partial charge in [-0.1, -0.05) is 30.3 Å². The number of hydrogen-bond acceptors (Lipinski definition) is 6. The third-order valence-corrected chi connectivity index (χ3v) is 6.36. The summed E-state index contributed by atoms with van der Waals surface area (Å²) in [6, 6.07) is 15.5. The molecule has 1 amide bonds. The van der Waals surface area contributed by atoms with Crippen molar-refractivity contribution in [2.75, 3.05) is 18.8 Å². The Bertz CT molecular complexity index is 1560. The standard InChI is InChI=1S/C28H29F2N5O4/c1-27(2,3)39-26(37)34-14-18(13-28(29,30)16-34)35-15-21(22-23(35)25(36)33-32-24(22)31)17-9-11-20(12-10-17)38-19-7-5-4-6-8-19/h4-12,15,18H,13-14,16H2,1-3H3,(H2,31,32)(H,33,36)/t18-/m1/s1. The van der Waals surface area contributed by atoms with Crippen molar-refractivity contribution in [3.63, 3.8) is 0 Å². The second-order valence-electron chi connectivity index (χ2n) is 10.6. The number of ether oxygens (including phenoxy) is 2. The molecule has 5 rings (SSSR count). The number of para-hydroxylation sites is 1. The van der Waals surface area contributed by atoms with Crippen molar-refractivity contribution in [1.82, 2.24) is 19.7 Å². The first kappa shape index (κ1) is 26.2. The molecule has 3 heterocycles. The van der Waals surface area contributed by atoms with Gasteiger partial charge in [-0.05, 0) is 50.6 Å². The Balaban J connectivity index is 1.54. The summed E-state index contributed by atoms with van der Waals surface area (Å²) in [5.41, 5.74) is 6.10. The van der Waals surface area contributed by atoms with Crippen molar-refractivity contribution in [3.8, 4) is 22.6 Å². The fraction of sp³-hybridized carbons (Fsp3) is 0.321. The molecule has 204 valence electrons. The van der Waals surface area contributed by atoms with Crippen molar-refractivity contribution < 1.29 is 23.0 Å². The Morgan fingerprint density at radius 1 is 1.10 bits per heavy atom. The summed E-state index contributed by atoms with van der Waals surface area (Å²) in [6.07, 6.45) is 0.207. The van der Waals surface area contributed by atoms with Gasteiger partial charge >= 0.3 is 6.09 Å². The van der Waals surface area contributed by atoms with Gasteiger partial charge in [0.1, 0.15) is 22.6 Å². The molecule has 39 heavy (non-hydrogen) atoms. The SMILES string of the molecule is CC(C)(C)OC(=O)N1C[C@H](n2cc(-c3ccc(Oc4ccccc4)cc3)c3c(N)n[nH]c(=O)c32)CC(F)(F)C1. The smallest absolute Gasteiger partial charge is 0.410 e. The van der Waals surface area contributed by atoms with E-state index in [0.29, 0.717) is 28.0 Å². The maximum Gasteiger partial charge on any atom is 0.410 e. The van der Waals surface area contributed by atoms with E-state index in [1.807, 2.05) is 30.3 Å². The number of likely N-dealkylation sites (tertiary alicyclic amines) is 1. The lowest BCUT2D eigenvalue weighted by atomic mass is 10.0. The average Bonchev–Trinajstić information content (AvgIpc) is 3.28. The summed E-state index contributed by atoms with van der Waals surface area (Å²) in [5.74, 6) is -1.88. The molecule has 0 aliphatic carbocycles. The summed E-state index contributed by atoms with van der Waals surface area (Å²) < 4.78 is 42.5. The highest BCUT2D eigenvalue weighted by Gasteiger charge is 2.44. The number of benzene rings is 2. The number of carbonyl (C=O) groups is 1. The third-order valence-electron chi connectivity index (χ3n) is 6.36. The lowest BCUT2D eigenvalue weighted by Crippen LogP contribution is -2.51. The highest BCUT2D eigenvalue weighted by Crippen LogP contribution is 2.39. The van der Waals surface area contributed by atoms with Gasteiger partial charge in [0.05, 0.1) is 18.0 Å². The lowest BCUT2D eigenvalue weighted by molar-refractivity contribution is -0.0833. The highest BCUT2D eigenvalue weighted by molar-refractivity contribution is 6.02. The normalized spacial score (nSPS) is 17.3. The van der Waals surface area contributed by atoms with Gasteiger partial charge in [0.15, 0.2) is 5.82 Å². The lowest BCUT2D eigenvalue weighted by Gasteiger charge is -2.38. The van der Waals surface area contributed by atoms with E-state index in [4.69, 9.17) is 15.2 Å². The van der Waals surface area contributed by atoms with E-state index in [-0.39, 0.29) is 17.9 Å². The number of amides is 1. The first-order valence-corrected chi connectivity index (χ1v) is 12.5. The maximum absolute atomic E-state index is 14.9. The van der Waals surface area contributed by atoms with E-state index < -0.39 is 42.2 Å². The molecule has 1 aliphatic rings. The molecular weight excluding hydrogens is 508 g/mol. The second kappa shape index (κ2) is 9.72. The minimum Gasteiger partial charge on any atom is -0.457 e. The number of carbonyl (C=O) groups excluding carboxylic acids is 1. The fourth-order valence-corrected chi connectivity index (χ4v) is 4.79. The Morgan fingerprint density at radius 2 is 1.77 bits per heavy atom. The number of aromatic amines is 1. The van der Waals surface area contributed by atoms with E-state index in [0.717, 1.165) is 4.90 Å². The first-order valence-electron chi connectivity index (χ1n) is 12.5. The van der Waals surface area contributed by atoms with Crippen LogP contribution in [0.15, 0.2) is 65.6 Å². The van der Waals surface area contributed by atoms with Crippen LogP contribution in [0.2, 0.25) is 0 Å². The number of fused-ring (bicyclic) bond motifs is 1. The van der Waals surface area contributed by atoms with Gasteiger partial charge < -0.3 is 24.7 Å². The van der Waals surface area contributed by atoms with Gasteiger partial charge in [0.25, 0.3) is 11.5 Å². The zero-order valence-corrected chi connectivity index (χ0v) is 21.8. The van der Waals surface area contributed by atoms with Crippen molar-refractivity contribution in [1.29, 1.82) is 0 Å². The maximum atomic E-state index is 14.9. The molecule has 1 aliphatic heterocycles. The number of anilines is 1. The van der Waals surface area contributed by atoms with E-state index >= 15 is 0 Å². The van der Waals surface area contributed by atoms with Gasteiger partial charge in [-0.15, -0.1) is 0 Å². The number of piperidine rings is 1. The Labute approximate surface area is 223 Å². The zero-order valence-electron chi connectivity index (χ0n) is 21.8. The minimum absolute atomic E-state index is 0.0505. The van der Waals surface area contributed by atoms with E-state index in [1.165, 1.54) is 4.57 Å². The molecule has 0 unspecified atom stereocenters. The molecule has 2 aromatic carbocycles. The van der Waals surface area contributed by atoms with Crippen molar-refractivity contribution in [3.05, 3.63) is 71.1 Å². The Morgan fingerprint density at radius 3 is 2.44 bits per heavy atom. The van der Waals surface area contributed by atoms with Crippen LogP contribution >= 0.6 is 0 Å². The summed E-state index contributed by atoms with van der Waals surface area (Å²) >= 11 is 0. The number of rotatable bonds is 4. The topological polar surface area (TPSA) is 115 Å². The number of H-pyrrole nitrogens is 1. The molecule has 0 saturated carbocycles. The summed E-state index contributed by atoms with van der Waals surface area (Å²) in [7, 11) is 0. The van der Waals surface area contributed by atoms with Gasteiger partial charge in [0.2, 0.25) is 0 Å². The Hall–Kier alpha value is -4.41. The van der Waals surface area contributed by atoms with Gasteiger partial charge in [0, 0.05) is 24.7 Å². The molecule has 11 heteroatoms. The zero-order chi connectivity index (χ0) is 27.9. The molecule has 0 bridgehead atoms. The Kier molecular flexibility index (Phi) is 6.53. The van der Waals surface area contributed by atoms with E-state index in [1.54, 1.807) is 51.2 Å². The number of nitrogen functional groups attached to an aromatic ring is 1. The second-order valence-corrected chi connectivity index (χ2v) is 10.6. The van der Waals surface area contributed by atoms with Crippen molar-refractivity contribution in [2.24, 2.45) is 0 Å². The molecule has 2 aromatic heterocycles. The van der Waals surface area contributed by atoms with Crippen LogP contribution in [-0.4, -0.2) is 50.4 Å². The van der Waals surface area contributed by atoms with Crippen molar-refractivity contribution in [2.45, 2.75) is 44.8 Å².